The van der Waals surface area contributed by atoms with E-state index in [1.54, 1.807) is 0 Å². The first-order chi connectivity index (χ1) is 6.00. The van der Waals surface area contributed by atoms with Crippen molar-refractivity contribution in [3.63, 3.8) is 0 Å². The van der Waals surface area contributed by atoms with E-state index in [0.717, 1.165) is 0 Å². The van der Waals surface area contributed by atoms with E-state index in [1.807, 2.05) is 0 Å². The standard InChI is InChI=1S/6CN.Fe.3Na/c6*1-2;;;;/q6*-1;+3;3*+1. The van der Waals surface area contributed by atoms with Gasteiger partial charge in [0.1, 0.15) is 0 Å². The summed E-state index contributed by atoms with van der Waals surface area (Å²) in [6.45, 7) is 28.5. The molecule has 0 spiro atoms. The summed E-state index contributed by atoms with van der Waals surface area (Å²) in [5.74, 6) is 0. The van der Waals surface area contributed by atoms with Crippen LogP contribution in [0.15, 0.2) is 0 Å². The van der Waals surface area contributed by atoms with Crippen LogP contribution in [0, 0.1) is 71.0 Å². The third kappa shape index (κ3) is 12400. The molecule has 0 fully saturated rings. The summed E-state index contributed by atoms with van der Waals surface area (Å²) in [7, 11) is 0. The van der Waals surface area contributed by atoms with Crippen LogP contribution in [0.5, 0.6) is 0 Å². The van der Waals surface area contributed by atoms with Gasteiger partial charge in [-0.3, -0.25) is 0 Å². The summed E-state index contributed by atoms with van der Waals surface area (Å²) in [4.78, 5) is 0. The maximum absolute atomic E-state index is 6.25. The third-order valence-electron chi connectivity index (χ3n) is 0. The first kappa shape index (κ1) is 94.3. The zero-order valence-corrected chi connectivity index (χ0v) is 16.1. The SMILES string of the molecule is [C-]#N.[C-]#N.[C-]#N.[C-]#N.[C-]#N.[C-]#N.[Fe+3].[Na+].[Na+].[Na+]. The average Bonchev–Trinajstić information content (AvgIpc) is 2.33. The molecule has 0 bridgehead atoms. The fourth-order valence-electron chi connectivity index (χ4n) is 0. The van der Waals surface area contributed by atoms with Crippen molar-refractivity contribution in [2.75, 3.05) is 0 Å². The predicted molar refractivity (Wildman–Crippen MR) is 29.8 cm³/mol. The molecule has 1 radical (unpaired) electrons. The minimum absolute atomic E-state index is 0. The van der Waals surface area contributed by atoms with Gasteiger partial charge in [-0.1, -0.05) is 0 Å². The maximum Gasteiger partial charge on any atom is 3.00 e. The fraction of sp³-hybridized carbons (Fsp3) is 0. The van der Waals surface area contributed by atoms with E-state index in [1.165, 1.54) is 0 Å². The molecule has 0 N–H and O–H groups in total. The van der Waals surface area contributed by atoms with Crippen molar-refractivity contribution in [3.8, 4) is 0 Å². The monoisotopic (exact) mass is 281 g/mol. The molecule has 0 rings (SSSR count). The second-order valence-electron chi connectivity index (χ2n) is 0. The Hall–Kier alpha value is 0.459. The van der Waals surface area contributed by atoms with Gasteiger partial charge >= 0.3 is 106 Å². The van der Waals surface area contributed by atoms with Crippen molar-refractivity contribution >= 4 is 0 Å². The Morgan fingerprint density at radius 3 is 0.312 bits per heavy atom. The summed E-state index contributed by atoms with van der Waals surface area (Å²) in [6, 6.07) is 0. The molecule has 0 aliphatic rings. The first-order valence-corrected chi connectivity index (χ1v) is 1.34. The van der Waals surface area contributed by atoms with Gasteiger partial charge in [0.2, 0.25) is 0 Å². The van der Waals surface area contributed by atoms with Crippen molar-refractivity contribution in [1.29, 1.82) is 31.6 Å². The van der Waals surface area contributed by atoms with Crippen LogP contribution >= 0.6 is 0 Å². The summed E-state index contributed by atoms with van der Waals surface area (Å²) >= 11 is 0. The van der Waals surface area contributed by atoms with Gasteiger partial charge in [-0.05, 0) is 0 Å². The largest absolute Gasteiger partial charge is 3.00 e. The van der Waals surface area contributed by atoms with Crippen LogP contribution in [0.2, 0.25) is 0 Å². The summed E-state index contributed by atoms with van der Waals surface area (Å²) < 4.78 is 0. The first-order valence-electron chi connectivity index (χ1n) is 1.34. The van der Waals surface area contributed by atoms with E-state index < -0.39 is 0 Å². The maximum atomic E-state index is 6.25. The number of nitrogens with zero attached hydrogens (tertiary/aromatic N) is 6. The third-order valence-corrected chi connectivity index (χ3v) is 0. The van der Waals surface area contributed by atoms with Gasteiger partial charge < -0.3 is 71.0 Å². The summed E-state index contributed by atoms with van der Waals surface area (Å²) in [5.41, 5.74) is 0. The molecule has 0 aliphatic heterocycles. The van der Waals surface area contributed by atoms with Gasteiger partial charge in [-0.15, -0.1) is 0 Å². The van der Waals surface area contributed by atoms with E-state index in [-0.39, 0.29) is 106 Å². The minimum atomic E-state index is 0. The van der Waals surface area contributed by atoms with Gasteiger partial charge in [0, 0.05) is 0 Å². The minimum Gasteiger partial charge on any atom is -0.512 e. The summed E-state index contributed by atoms with van der Waals surface area (Å²) in [6.07, 6.45) is 0. The van der Waals surface area contributed by atoms with Gasteiger partial charge in [0.05, 0.1) is 0 Å². The zero-order chi connectivity index (χ0) is 12.0. The Labute approximate surface area is 174 Å². The van der Waals surface area contributed by atoms with Crippen molar-refractivity contribution in [2.24, 2.45) is 0 Å². The number of hydrogen-bond acceptors (Lipinski definition) is 6. The van der Waals surface area contributed by atoms with Crippen molar-refractivity contribution in [2.45, 2.75) is 0 Å². The van der Waals surface area contributed by atoms with E-state index >= 15 is 0 Å². The Kier molecular flexibility index (Phi) is 90200. The van der Waals surface area contributed by atoms with Crippen LogP contribution in [0.4, 0.5) is 0 Å². The average molecular weight is 281 g/mol. The molecular formula is C6FeN6Na3. The molecular weight excluding hydrogens is 281 g/mol. The molecule has 6 nitrogen and oxygen atoms in total. The van der Waals surface area contributed by atoms with E-state index in [4.69, 9.17) is 71.0 Å². The topological polar surface area (TPSA) is 143 Å². The van der Waals surface area contributed by atoms with Crippen molar-refractivity contribution in [1.82, 2.24) is 0 Å². The van der Waals surface area contributed by atoms with Crippen molar-refractivity contribution in [3.05, 3.63) is 39.4 Å². The van der Waals surface area contributed by atoms with Crippen LogP contribution in [0.3, 0.4) is 0 Å². The Bertz CT molecular complexity index is 103. The summed E-state index contributed by atoms with van der Waals surface area (Å²) in [5, 5.41) is 37.5. The Morgan fingerprint density at radius 1 is 0.312 bits per heavy atom. The molecule has 0 aromatic rings. The zero-order valence-electron chi connectivity index (χ0n) is 9.04. The van der Waals surface area contributed by atoms with Gasteiger partial charge in [-0.25, -0.2) is 0 Å². The molecule has 0 aliphatic carbocycles. The van der Waals surface area contributed by atoms with Gasteiger partial charge in [0.25, 0.3) is 0 Å². The quantitative estimate of drug-likeness (QED) is 0.318. The molecule has 0 saturated heterocycles. The number of hydrogen-bond donors (Lipinski definition) is 0. The van der Waals surface area contributed by atoms with Gasteiger partial charge in [-0.2, -0.15) is 0 Å². The molecule has 16 heavy (non-hydrogen) atoms. The van der Waals surface area contributed by atoms with Crippen LogP contribution in [0.1, 0.15) is 0 Å². The molecule has 65 valence electrons. The number of rotatable bonds is 0. The fourth-order valence-corrected chi connectivity index (χ4v) is 0. The Balaban J connectivity index is -0.00000000321. The predicted octanol–water partition coefficient (Wildman–Crippen LogP) is -8.41. The molecule has 0 aromatic heterocycles. The van der Waals surface area contributed by atoms with Crippen LogP contribution < -0.4 is 88.7 Å². The van der Waals surface area contributed by atoms with Crippen molar-refractivity contribution < 1.29 is 106 Å². The molecule has 0 amide bonds. The van der Waals surface area contributed by atoms with E-state index in [2.05, 4.69) is 0 Å². The Morgan fingerprint density at radius 2 is 0.312 bits per heavy atom. The van der Waals surface area contributed by atoms with Gasteiger partial charge in [0.15, 0.2) is 0 Å². The second-order valence-corrected chi connectivity index (χ2v) is 0. The molecule has 0 unspecified atom stereocenters. The smallest absolute Gasteiger partial charge is 0.512 e. The van der Waals surface area contributed by atoms with E-state index in [9.17, 15) is 0 Å². The molecule has 0 saturated carbocycles. The molecule has 10 heteroatoms. The normalized spacial score (nSPS) is 0.750. The second kappa shape index (κ2) is 15300. The van der Waals surface area contributed by atoms with Crippen LogP contribution in [0.25, 0.3) is 0 Å². The van der Waals surface area contributed by atoms with Crippen LogP contribution in [-0.4, -0.2) is 0 Å². The molecule has 0 atom stereocenters. The molecule has 0 aromatic carbocycles. The van der Waals surface area contributed by atoms with Crippen LogP contribution in [-0.2, 0) is 17.1 Å². The molecule has 0 heterocycles. The van der Waals surface area contributed by atoms with E-state index in [0.29, 0.717) is 0 Å².